The second-order valence-electron chi connectivity index (χ2n) is 7.88. The van der Waals surface area contributed by atoms with Gasteiger partial charge in [-0.3, -0.25) is 14.4 Å². The molecule has 2 aromatic carbocycles. The fourth-order valence-corrected chi connectivity index (χ4v) is 4.62. The van der Waals surface area contributed by atoms with E-state index in [9.17, 15) is 34.8 Å². The van der Waals surface area contributed by atoms with E-state index in [4.69, 9.17) is 4.74 Å². The summed E-state index contributed by atoms with van der Waals surface area (Å²) in [7, 11) is 1.34. The minimum absolute atomic E-state index is 0.0110. The van der Waals surface area contributed by atoms with Gasteiger partial charge >= 0.3 is 0 Å². The number of benzene rings is 2. The molecule has 2 atom stereocenters. The summed E-state index contributed by atoms with van der Waals surface area (Å²) in [6.45, 7) is 1.29. The topological polar surface area (TPSA) is 141 Å². The molecule has 0 saturated carbocycles. The molecule has 0 aliphatic heterocycles. The van der Waals surface area contributed by atoms with Gasteiger partial charge in [-0.25, -0.2) is 0 Å². The van der Waals surface area contributed by atoms with Crippen LogP contribution in [0.1, 0.15) is 68.8 Å². The molecule has 0 saturated heterocycles. The minimum Gasteiger partial charge on any atom is -0.507 e. The molecule has 0 heterocycles. The van der Waals surface area contributed by atoms with E-state index in [1.165, 1.54) is 32.2 Å². The number of ether oxygens (including phenoxy) is 1. The Balaban J connectivity index is 1.98. The van der Waals surface area contributed by atoms with Crippen molar-refractivity contribution < 1.29 is 39.5 Å². The number of methoxy groups -OCH3 is 1. The maximum atomic E-state index is 13.2. The molecule has 156 valence electrons. The van der Waals surface area contributed by atoms with E-state index in [0.29, 0.717) is 0 Å². The van der Waals surface area contributed by atoms with Gasteiger partial charge in [0.1, 0.15) is 23.0 Å². The van der Waals surface area contributed by atoms with Gasteiger partial charge in [0.05, 0.1) is 35.5 Å². The first kappa shape index (κ1) is 20.1. The van der Waals surface area contributed by atoms with Crippen LogP contribution in [0.25, 0.3) is 0 Å². The third-order valence-electron chi connectivity index (χ3n) is 5.75. The maximum Gasteiger partial charge on any atom is 0.202 e. The summed E-state index contributed by atoms with van der Waals surface area (Å²) < 4.78 is 5.18. The Hall–Kier alpha value is -3.23. The first-order valence-corrected chi connectivity index (χ1v) is 9.36. The van der Waals surface area contributed by atoms with Crippen LogP contribution in [-0.2, 0) is 11.2 Å². The normalized spacial score (nSPS) is 22.2. The number of Topliss-reactive ketones (excluding diaryl/α,β-unsaturated/α-hetero) is 1. The van der Waals surface area contributed by atoms with Crippen molar-refractivity contribution in [3.05, 3.63) is 51.6 Å². The number of rotatable bonds is 3. The quantitative estimate of drug-likeness (QED) is 0.475. The van der Waals surface area contributed by atoms with Crippen molar-refractivity contribution in [2.24, 2.45) is 0 Å². The highest BCUT2D eigenvalue weighted by molar-refractivity contribution is 6.31. The molecular formula is C22H20O8. The Morgan fingerprint density at radius 3 is 2.43 bits per heavy atom. The van der Waals surface area contributed by atoms with Crippen molar-refractivity contribution in [3.8, 4) is 17.2 Å². The zero-order valence-corrected chi connectivity index (χ0v) is 16.4. The Bertz CT molecular complexity index is 1130. The predicted molar refractivity (Wildman–Crippen MR) is 103 cm³/mol. The summed E-state index contributed by atoms with van der Waals surface area (Å²) in [6.07, 6.45) is -2.25. The summed E-state index contributed by atoms with van der Waals surface area (Å²) in [5, 5.41) is 43.2. The predicted octanol–water partition coefficient (Wildman–Crippen LogP) is 1.57. The molecule has 2 aliphatic rings. The van der Waals surface area contributed by atoms with E-state index < -0.39 is 45.9 Å². The standard InChI is InChI=1S/C22H20O8/c1-9(23)6-22(29)7-11-14(12(24)8-22)20(27)17-16(19(11)26)18(25)10-4-3-5-13(30-2)15(10)21(17)28/h3-5,12,24,26-27,29H,6-8H2,1-2H3. The lowest BCUT2D eigenvalue weighted by molar-refractivity contribution is -0.123. The molecule has 2 unspecified atom stereocenters. The number of aromatic hydroxyl groups is 2. The average molecular weight is 412 g/mol. The number of carbonyl (C=O) groups is 3. The van der Waals surface area contributed by atoms with Crippen molar-refractivity contribution in [1.82, 2.24) is 0 Å². The van der Waals surface area contributed by atoms with Crippen molar-refractivity contribution in [3.63, 3.8) is 0 Å². The highest BCUT2D eigenvalue weighted by atomic mass is 16.5. The second kappa shape index (κ2) is 6.65. The van der Waals surface area contributed by atoms with Crippen molar-refractivity contribution in [2.75, 3.05) is 7.11 Å². The molecule has 2 aromatic rings. The molecule has 4 N–H and O–H groups in total. The van der Waals surface area contributed by atoms with Gasteiger partial charge in [0, 0.05) is 36.0 Å². The van der Waals surface area contributed by atoms with Crippen LogP contribution in [0, 0.1) is 0 Å². The Morgan fingerprint density at radius 1 is 1.13 bits per heavy atom. The van der Waals surface area contributed by atoms with E-state index in [1.807, 2.05) is 0 Å². The molecule has 4 rings (SSSR count). The van der Waals surface area contributed by atoms with Crippen LogP contribution < -0.4 is 4.74 Å². The van der Waals surface area contributed by atoms with Crippen LogP contribution in [0.2, 0.25) is 0 Å². The molecule has 0 fully saturated rings. The SMILES string of the molecule is COc1cccc2c1C(=O)c1c(O)c3c(c(O)c1C2=O)CC(O)(CC(C)=O)CC3O. The lowest BCUT2D eigenvalue weighted by Gasteiger charge is -2.37. The number of aliphatic hydroxyl groups is 2. The zero-order chi connectivity index (χ0) is 22.0. The molecule has 8 heteroatoms. The van der Waals surface area contributed by atoms with Crippen LogP contribution >= 0.6 is 0 Å². The maximum absolute atomic E-state index is 13.2. The molecule has 0 amide bonds. The number of phenolic OH excluding ortho intramolecular Hbond substituents is 2. The molecule has 30 heavy (non-hydrogen) atoms. The Labute approximate surface area is 171 Å². The molecule has 0 radical (unpaired) electrons. The molecule has 8 nitrogen and oxygen atoms in total. The third kappa shape index (κ3) is 2.72. The first-order chi connectivity index (χ1) is 14.1. The van der Waals surface area contributed by atoms with Gasteiger partial charge in [0.2, 0.25) is 5.78 Å². The van der Waals surface area contributed by atoms with E-state index in [-0.39, 0.29) is 53.0 Å². The van der Waals surface area contributed by atoms with Gasteiger partial charge in [-0.2, -0.15) is 0 Å². The van der Waals surface area contributed by atoms with E-state index >= 15 is 0 Å². The number of aliphatic hydroxyl groups excluding tert-OH is 1. The van der Waals surface area contributed by atoms with Gasteiger partial charge in [0.15, 0.2) is 5.78 Å². The Kier molecular flexibility index (Phi) is 4.44. The lowest BCUT2D eigenvalue weighted by atomic mass is 9.72. The van der Waals surface area contributed by atoms with Crippen LogP contribution in [0.5, 0.6) is 17.2 Å². The fourth-order valence-electron chi connectivity index (χ4n) is 4.62. The van der Waals surface area contributed by atoms with E-state index in [0.717, 1.165) is 0 Å². The number of fused-ring (bicyclic) bond motifs is 3. The monoisotopic (exact) mass is 412 g/mol. The Morgan fingerprint density at radius 2 is 1.80 bits per heavy atom. The molecule has 0 aromatic heterocycles. The van der Waals surface area contributed by atoms with Crippen LogP contribution in [0.3, 0.4) is 0 Å². The van der Waals surface area contributed by atoms with E-state index in [2.05, 4.69) is 0 Å². The second-order valence-corrected chi connectivity index (χ2v) is 7.88. The van der Waals surface area contributed by atoms with Gasteiger partial charge in [-0.1, -0.05) is 12.1 Å². The van der Waals surface area contributed by atoms with Crippen LogP contribution in [0.4, 0.5) is 0 Å². The molecule has 0 bridgehead atoms. The number of hydrogen-bond acceptors (Lipinski definition) is 8. The summed E-state index contributed by atoms with van der Waals surface area (Å²) in [4.78, 5) is 37.9. The van der Waals surface area contributed by atoms with Gasteiger partial charge in [-0.15, -0.1) is 0 Å². The molecule has 0 spiro atoms. The number of carbonyl (C=O) groups excluding carboxylic acids is 3. The van der Waals surface area contributed by atoms with Crippen molar-refractivity contribution in [2.45, 2.75) is 37.9 Å². The summed E-state index contributed by atoms with van der Waals surface area (Å²) >= 11 is 0. The lowest BCUT2D eigenvalue weighted by Crippen LogP contribution is -2.40. The third-order valence-corrected chi connectivity index (χ3v) is 5.75. The number of hydrogen-bond donors (Lipinski definition) is 4. The summed E-state index contributed by atoms with van der Waals surface area (Å²) in [5.74, 6) is -2.80. The van der Waals surface area contributed by atoms with Gasteiger partial charge < -0.3 is 25.2 Å². The molecule has 2 aliphatic carbocycles. The number of phenols is 2. The largest absolute Gasteiger partial charge is 0.507 e. The van der Waals surface area contributed by atoms with Crippen molar-refractivity contribution in [1.29, 1.82) is 0 Å². The summed E-state index contributed by atoms with van der Waals surface area (Å²) in [5.41, 5.74) is -2.66. The molecular weight excluding hydrogens is 392 g/mol. The smallest absolute Gasteiger partial charge is 0.202 e. The number of ketones is 3. The zero-order valence-electron chi connectivity index (χ0n) is 16.4. The highest BCUT2D eigenvalue weighted by Crippen LogP contribution is 2.51. The average Bonchev–Trinajstić information content (AvgIpc) is 2.66. The highest BCUT2D eigenvalue weighted by Gasteiger charge is 2.45. The van der Waals surface area contributed by atoms with E-state index in [1.54, 1.807) is 0 Å². The van der Waals surface area contributed by atoms with Gasteiger partial charge in [-0.05, 0) is 13.0 Å². The summed E-state index contributed by atoms with van der Waals surface area (Å²) in [6, 6.07) is 4.44. The van der Waals surface area contributed by atoms with Gasteiger partial charge in [0.25, 0.3) is 0 Å². The van der Waals surface area contributed by atoms with Crippen LogP contribution in [0.15, 0.2) is 18.2 Å². The first-order valence-electron chi connectivity index (χ1n) is 9.36. The minimum atomic E-state index is -1.65. The van der Waals surface area contributed by atoms with Crippen LogP contribution in [-0.4, -0.2) is 50.5 Å². The fraction of sp³-hybridized carbons (Fsp3) is 0.318. The van der Waals surface area contributed by atoms with Crippen molar-refractivity contribution >= 4 is 17.3 Å².